The topological polar surface area (TPSA) is 116 Å². The molecule has 0 aromatic heterocycles. The van der Waals surface area contributed by atoms with Gasteiger partial charge in [0.25, 0.3) is 15.9 Å². The highest BCUT2D eigenvalue weighted by molar-refractivity contribution is 7.90. The van der Waals surface area contributed by atoms with Crippen LogP contribution in [0.15, 0.2) is 28.3 Å². The molecule has 1 unspecified atom stereocenters. The summed E-state index contributed by atoms with van der Waals surface area (Å²) in [6.45, 7) is 2.09. The number of rotatable bonds is 6. The Balaban J connectivity index is 2.12. The van der Waals surface area contributed by atoms with Gasteiger partial charge < -0.3 is 15.3 Å². The predicted molar refractivity (Wildman–Crippen MR) is 84.2 cm³/mol. The molecule has 1 amide bonds. The van der Waals surface area contributed by atoms with Crippen molar-refractivity contribution in [1.29, 1.82) is 0 Å². The summed E-state index contributed by atoms with van der Waals surface area (Å²) in [4.78, 5) is 25.0. The summed E-state index contributed by atoms with van der Waals surface area (Å²) in [5.74, 6) is -2.19. The molecule has 0 radical (unpaired) electrons. The molecule has 8 nitrogen and oxygen atoms in total. The van der Waals surface area contributed by atoms with Crippen molar-refractivity contribution in [2.45, 2.75) is 19.8 Å². The van der Waals surface area contributed by atoms with Crippen LogP contribution in [0.1, 0.15) is 19.8 Å². The lowest BCUT2D eigenvalue weighted by Crippen LogP contribution is -2.43. The molecular weight excluding hydrogens is 322 g/mol. The fraction of sp³-hybridized carbons (Fsp3) is 0.500. The molecular formula is C14H19N3O5S. The Kier molecular flexibility index (Phi) is 5.19. The Labute approximate surface area is 134 Å². The molecule has 0 saturated carbocycles. The van der Waals surface area contributed by atoms with Crippen LogP contribution in [0, 0.1) is 5.92 Å². The number of carboxylic acids is 1. The van der Waals surface area contributed by atoms with Gasteiger partial charge in [-0.15, -0.1) is 4.40 Å². The Hall–Kier alpha value is -2.16. The van der Waals surface area contributed by atoms with Crippen LogP contribution in [-0.4, -0.2) is 55.0 Å². The van der Waals surface area contributed by atoms with Crippen molar-refractivity contribution in [2.24, 2.45) is 10.3 Å². The predicted octanol–water partition coefficient (Wildman–Crippen LogP) is 0.101. The number of allylic oxidation sites excluding steroid dienone is 2. The lowest BCUT2D eigenvalue weighted by molar-refractivity contribution is -0.141. The molecule has 126 valence electrons. The van der Waals surface area contributed by atoms with E-state index in [9.17, 15) is 18.0 Å². The van der Waals surface area contributed by atoms with Crippen LogP contribution in [0.2, 0.25) is 0 Å². The second kappa shape index (κ2) is 6.95. The van der Waals surface area contributed by atoms with Crippen molar-refractivity contribution in [2.75, 3.05) is 18.8 Å². The van der Waals surface area contributed by atoms with E-state index in [0.29, 0.717) is 12.8 Å². The number of sulfonamides is 1. The van der Waals surface area contributed by atoms with Crippen LogP contribution in [0.5, 0.6) is 0 Å². The minimum atomic E-state index is -3.58. The molecule has 0 spiro atoms. The van der Waals surface area contributed by atoms with Crippen molar-refractivity contribution in [3.05, 3.63) is 23.9 Å². The summed E-state index contributed by atoms with van der Waals surface area (Å²) in [7, 11) is -3.58. The third kappa shape index (κ3) is 4.19. The maximum absolute atomic E-state index is 12.3. The lowest BCUT2D eigenvalue weighted by Gasteiger charge is -2.28. The quantitative estimate of drug-likeness (QED) is 0.708. The Morgan fingerprint density at radius 3 is 2.87 bits per heavy atom. The van der Waals surface area contributed by atoms with Gasteiger partial charge in [0.1, 0.15) is 0 Å². The first-order chi connectivity index (χ1) is 10.8. The van der Waals surface area contributed by atoms with E-state index in [2.05, 4.69) is 9.71 Å². The van der Waals surface area contributed by atoms with Crippen LogP contribution in [0.3, 0.4) is 0 Å². The van der Waals surface area contributed by atoms with E-state index >= 15 is 0 Å². The molecule has 2 aliphatic heterocycles. The van der Waals surface area contributed by atoms with Crippen molar-refractivity contribution in [3.63, 3.8) is 0 Å². The molecule has 2 rings (SSSR count). The first kappa shape index (κ1) is 17.2. The van der Waals surface area contributed by atoms with E-state index in [1.165, 1.54) is 6.08 Å². The number of amidine groups is 1. The second-order valence-electron chi connectivity index (χ2n) is 5.35. The fourth-order valence-electron chi connectivity index (χ4n) is 2.37. The SMILES string of the molecule is CCCC(CNC(=O)C1=CC=CN2CCS(=O)(=O)N=C12)C(=O)O. The summed E-state index contributed by atoms with van der Waals surface area (Å²) in [6.07, 6.45) is 5.90. The van der Waals surface area contributed by atoms with Crippen molar-refractivity contribution in [1.82, 2.24) is 10.2 Å². The van der Waals surface area contributed by atoms with Gasteiger partial charge in [-0.3, -0.25) is 9.59 Å². The summed E-state index contributed by atoms with van der Waals surface area (Å²) in [5, 5.41) is 11.6. The van der Waals surface area contributed by atoms with Crippen LogP contribution < -0.4 is 5.32 Å². The number of aliphatic carboxylic acids is 1. The number of hydrogen-bond acceptors (Lipinski definition) is 5. The Bertz CT molecular complexity index is 693. The number of carbonyl (C=O) groups is 2. The molecule has 0 aromatic carbocycles. The zero-order chi connectivity index (χ0) is 17.0. The van der Waals surface area contributed by atoms with E-state index < -0.39 is 27.8 Å². The van der Waals surface area contributed by atoms with Gasteiger partial charge >= 0.3 is 5.97 Å². The van der Waals surface area contributed by atoms with Gasteiger partial charge in [-0.05, 0) is 18.6 Å². The maximum atomic E-state index is 12.3. The lowest BCUT2D eigenvalue weighted by atomic mass is 10.0. The Morgan fingerprint density at radius 2 is 2.22 bits per heavy atom. The average molecular weight is 341 g/mol. The van der Waals surface area contributed by atoms with Crippen molar-refractivity contribution < 1.29 is 23.1 Å². The van der Waals surface area contributed by atoms with Crippen LogP contribution in [0.4, 0.5) is 0 Å². The van der Waals surface area contributed by atoms with Crippen molar-refractivity contribution in [3.8, 4) is 0 Å². The molecule has 23 heavy (non-hydrogen) atoms. The third-order valence-electron chi connectivity index (χ3n) is 3.60. The number of nitrogens with one attached hydrogen (secondary N) is 1. The maximum Gasteiger partial charge on any atom is 0.308 e. The minimum absolute atomic E-state index is 0.0108. The van der Waals surface area contributed by atoms with Gasteiger partial charge in [0.05, 0.1) is 17.2 Å². The molecule has 9 heteroatoms. The zero-order valence-electron chi connectivity index (χ0n) is 12.7. The van der Waals surface area contributed by atoms with Gasteiger partial charge in [-0.25, -0.2) is 8.42 Å². The van der Waals surface area contributed by atoms with E-state index in [0.717, 1.165) is 0 Å². The van der Waals surface area contributed by atoms with Gasteiger partial charge in [0.2, 0.25) is 0 Å². The van der Waals surface area contributed by atoms with Crippen molar-refractivity contribution >= 4 is 27.7 Å². The normalized spacial score (nSPS) is 20.1. The molecule has 0 bridgehead atoms. The van der Waals surface area contributed by atoms with E-state index in [1.807, 2.05) is 6.92 Å². The number of carboxylic acid groups (broad SMARTS) is 1. The summed E-state index contributed by atoms with van der Waals surface area (Å²) < 4.78 is 26.9. The number of amides is 1. The first-order valence-corrected chi connectivity index (χ1v) is 8.94. The molecule has 2 N–H and O–H groups in total. The molecule has 0 saturated heterocycles. The summed E-state index contributed by atoms with van der Waals surface area (Å²) in [5.41, 5.74) is 0.122. The molecule has 0 fully saturated rings. The van der Waals surface area contributed by atoms with E-state index in [1.54, 1.807) is 17.2 Å². The first-order valence-electron chi connectivity index (χ1n) is 7.33. The summed E-state index contributed by atoms with van der Waals surface area (Å²) >= 11 is 0. The highest BCUT2D eigenvalue weighted by Crippen LogP contribution is 2.18. The van der Waals surface area contributed by atoms with Gasteiger partial charge in [0.15, 0.2) is 5.84 Å². The molecule has 0 aromatic rings. The average Bonchev–Trinajstić information content (AvgIpc) is 2.49. The summed E-state index contributed by atoms with van der Waals surface area (Å²) in [6, 6.07) is 0. The van der Waals surface area contributed by atoms with Gasteiger partial charge in [-0.2, -0.15) is 0 Å². The Morgan fingerprint density at radius 1 is 1.48 bits per heavy atom. The fourth-order valence-corrected chi connectivity index (χ4v) is 3.35. The van der Waals surface area contributed by atoms with Crippen LogP contribution in [0.25, 0.3) is 0 Å². The molecule has 2 heterocycles. The highest BCUT2D eigenvalue weighted by atomic mass is 32.2. The van der Waals surface area contributed by atoms with Gasteiger partial charge in [-0.1, -0.05) is 13.3 Å². The van der Waals surface area contributed by atoms with Crippen LogP contribution in [-0.2, 0) is 19.6 Å². The second-order valence-corrected chi connectivity index (χ2v) is 7.10. The minimum Gasteiger partial charge on any atom is -0.481 e. The molecule has 0 aliphatic carbocycles. The molecule has 2 aliphatic rings. The monoisotopic (exact) mass is 341 g/mol. The number of fused-ring (bicyclic) bond motifs is 1. The standard InChI is InChI=1S/C14H19N3O5S/c1-2-4-10(14(19)20)9-15-13(18)11-5-3-6-17-7-8-23(21,22)16-12(11)17/h3,5-6,10H,2,4,7-9H2,1H3,(H,15,18)(H,19,20). The van der Waals surface area contributed by atoms with Gasteiger partial charge in [0, 0.05) is 19.3 Å². The van der Waals surface area contributed by atoms with E-state index in [-0.39, 0.29) is 30.3 Å². The smallest absolute Gasteiger partial charge is 0.308 e. The third-order valence-corrected chi connectivity index (χ3v) is 4.75. The number of carbonyl (C=O) groups excluding carboxylic acids is 1. The zero-order valence-corrected chi connectivity index (χ0v) is 13.5. The number of nitrogens with zero attached hydrogens (tertiary/aromatic N) is 2. The highest BCUT2D eigenvalue weighted by Gasteiger charge is 2.30. The van der Waals surface area contributed by atoms with E-state index in [4.69, 9.17) is 5.11 Å². The number of hydrogen-bond donors (Lipinski definition) is 2. The largest absolute Gasteiger partial charge is 0.481 e. The van der Waals surface area contributed by atoms with Crippen LogP contribution >= 0.6 is 0 Å². The molecule has 1 atom stereocenters.